The Bertz CT molecular complexity index is 310. The molecule has 1 aromatic rings. The number of hydrogen-bond donors (Lipinski definition) is 2. The molecule has 1 heterocycles. The standard InChI is InChI=1S/C13H22N2/c1-10-9-12(11(2)15-10)5-3-4-8-14-13-6-7-13/h9,13-15H,3-8H2,1-2H3. The van der Waals surface area contributed by atoms with Crippen molar-refractivity contribution in [1.29, 1.82) is 0 Å². The molecule has 0 unspecified atom stereocenters. The summed E-state index contributed by atoms with van der Waals surface area (Å²) in [6, 6.07) is 3.14. The van der Waals surface area contributed by atoms with Crippen LogP contribution in [0, 0.1) is 13.8 Å². The van der Waals surface area contributed by atoms with Crippen molar-refractivity contribution in [3.8, 4) is 0 Å². The first-order valence-electron chi connectivity index (χ1n) is 6.14. The van der Waals surface area contributed by atoms with Crippen LogP contribution in [0.3, 0.4) is 0 Å². The maximum atomic E-state index is 3.55. The van der Waals surface area contributed by atoms with Crippen LogP contribution in [0.5, 0.6) is 0 Å². The molecule has 84 valence electrons. The van der Waals surface area contributed by atoms with Crippen LogP contribution >= 0.6 is 0 Å². The van der Waals surface area contributed by atoms with Gasteiger partial charge in [0.2, 0.25) is 0 Å². The van der Waals surface area contributed by atoms with Crippen LogP contribution in [-0.2, 0) is 6.42 Å². The highest BCUT2D eigenvalue weighted by molar-refractivity contribution is 5.24. The summed E-state index contributed by atoms with van der Waals surface area (Å²) in [7, 11) is 0. The van der Waals surface area contributed by atoms with Crippen LogP contribution in [0.15, 0.2) is 6.07 Å². The van der Waals surface area contributed by atoms with Crippen molar-refractivity contribution in [3.05, 3.63) is 23.0 Å². The molecule has 1 saturated carbocycles. The van der Waals surface area contributed by atoms with Gasteiger partial charge in [-0.15, -0.1) is 0 Å². The Morgan fingerprint density at radius 3 is 2.73 bits per heavy atom. The molecule has 1 aliphatic rings. The topological polar surface area (TPSA) is 27.8 Å². The Morgan fingerprint density at radius 1 is 1.33 bits per heavy atom. The molecule has 0 atom stereocenters. The molecule has 1 fully saturated rings. The molecule has 2 N–H and O–H groups in total. The number of rotatable bonds is 6. The molecule has 0 spiro atoms. The number of H-pyrrole nitrogens is 1. The van der Waals surface area contributed by atoms with Gasteiger partial charge in [0.1, 0.15) is 0 Å². The van der Waals surface area contributed by atoms with Crippen molar-refractivity contribution in [3.63, 3.8) is 0 Å². The molecule has 15 heavy (non-hydrogen) atoms. The highest BCUT2D eigenvalue weighted by Gasteiger charge is 2.19. The fraction of sp³-hybridized carbons (Fsp3) is 0.692. The molecule has 0 radical (unpaired) electrons. The second-order valence-electron chi connectivity index (χ2n) is 4.79. The Balaban J connectivity index is 1.62. The molecule has 0 saturated heterocycles. The van der Waals surface area contributed by atoms with Crippen LogP contribution in [0.1, 0.15) is 42.6 Å². The number of nitrogens with one attached hydrogen (secondary N) is 2. The van der Waals surface area contributed by atoms with Gasteiger partial charge in [0.05, 0.1) is 0 Å². The Kier molecular flexibility index (Phi) is 3.47. The lowest BCUT2D eigenvalue weighted by molar-refractivity contribution is 0.619. The van der Waals surface area contributed by atoms with E-state index in [1.54, 1.807) is 0 Å². The average Bonchev–Trinajstić information content (AvgIpc) is 2.94. The van der Waals surface area contributed by atoms with Gasteiger partial charge in [-0.1, -0.05) is 0 Å². The largest absolute Gasteiger partial charge is 0.362 e. The van der Waals surface area contributed by atoms with Gasteiger partial charge in [-0.05, 0) is 64.1 Å². The Morgan fingerprint density at radius 2 is 2.13 bits per heavy atom. The normalized spacial score (nSPS) is 15.9. The number of unbranched alkanes of at least 4 members (excludes halogenated alkanes) is 1. The Hall–Kier alpha value is -0.760. The molecular formula is C13H22N2. The summed E-state index contributed by atoms with van der Waals surface area (Å²) in [6.07, 6.45) is 6.63. The van der Waals surface area contributed by atoms with Crippen molar-refractivity contribution < 1.29 is 0 Å². The minimum atomic E-state index is 0.862. The average molecular weight is 206 g/mol. The van der Waals surface area contributed by atoms with Crippen LogP contribution in [-0.4, -0.2) is 17.6 Å². The van der Waals surface area contributed by atoms with Crippen molar-refractivity contribution in [2.45, 2.75) is 52.0 Å². The fourth-order valence-electron chi connectivity index (χ4n) is 2.08. The molecule has 2 heteroatoms. The third-order valence-electron chi connectivity index (χ3n) is 3.14. The summed E-state index contributed by atoms with van der Waals surface area (Å²) < 4.78 is 0. The van der Waals surface area contributed by atoms with Crippen LogP contribution in [0.4, 0.5) is 0 Å². The van der Waals surface area contributed by atoms with E-state index in [9.17, 15) is 0 Å². The van der Waals surface area contributed by atoms with E-state index in [4.69, 9.17) is 0 Å². The quantitative estimate of drug-likeness (QED) is 0.688. The monoisotopic (exact) mass is 206 g/mol. The summed E-state index contributed by atoms with van der Waals surface area (Å²) in [5.41, 5.74) is 4.14. The first-order chi connectivity index (χ1) is 7.25. The first-order valence-corrected chi connectivity index (χ1v) is 6.14. The second-order valence-corrected chi connectivity index (χ2v) is 4.79. The van der Waals surface area contributed by atoms with Gasteiger partial charge in [0, 0.05) is 17.4 Å². The van der Waals surface area contributed by atoms with Gasteiger partial charge < -0.3 is 10.3 Å². The van der Waals surface area contributed by atoms with E-state index in [-0.39, 0.29) is 0 Å². The molecule has 0 amide bonds. The fourth-order valence-corrected chi connectivity index (χ4v) is 2.08. The number of aromatic amines is 1. The number of aromatic nitrogens is 1. The third-order valence-corrected chi connectivity index (χ3v) is 3.14. The maximum absolute atomic E-state index is 3.55. The molecule has 2 nitrogen and oxygen atoms in total. The smallest absolute Gasteiger partial charge is 0.0150 e. The summed E-state index contributed by atoms with van der Waals surface area (Å²) >= 11 is 0. The van der Waals surface area contributed by atoms with Crippen molar-refractivity contribution in [2.24, 2.45) is 0 Å². The lowest BCUT2D eigenvalue weighted by Crippen LogP contribution is -2.17. The molecule has 2 rings (SSSR count). The van der Waals surface area contributed by atoms with Gasteiger partial charge in [0.25, 0.3) is 0 Å². The molecular weight excluding hydrogens is 184 g/mol. The zero-order chi connectivity index (χ0) is 10.7. The minimum Gasteiger partial charge on any atom is -0.362 e. The summed E-state index contributed by atoms with van der Waals surface area (Å²) in [5, 5.41) is 3.55. The maximum Gasteiger partial charge on any atom is 0.0150 e. The van der Waals surface area contributed by atoms with Crippen LogP contribution < -0.4 is 5.32 Å². The van der Waals surface area contributed by atoms with E-state index in [1.165, 1.54) is 55.6 Å². The SMILES string of the molecule is Cc1cc(CCCCNC2CC2)c(C)[nH]1. The van der Waals surface area contributed by atoms with Gasteiger partial charge in [0.15, 0.2) is 0 Å². The zero-order valence-electron chi connectivity index (χ0n) is 9.90. The van der Waals surface area contributed by atoms with Gasteiger partial charge in [-0.2, -0.15) is 0 Å². The molecule has 0 aromatic carbocycles. The van der Waals surface area contributed by atoms with Gasteiger partial charge in [-0.3, -0.25) is 0 Å². The summed E-state index contributed by atoms with van der Waals surface area (Å²) in [6.45, 7) is 5.50. The van der Waals surface area contributed by atoms with E-state index in [2.05, 4.69) is 30.2 Å². The molecule has 0 aliphatic heterocycles. The highest BCUT2D eigenvalue weighted by atomic mass is 14.9. The van der Waals surface area contributed by atoms with E-state index in [0.29, 0.717) is 0 Å². The lowest BCUT2D eigenvalue weighted by Gasteiger charge is -2.02. The molecule has 1 aliphatic carbocycles. The number of aryl methyl sites for hydroxylation is 3. The van der Waals surface area contributed by atoms with Gasteiger partial charge in [-0.25, -0.2) is 0 Å². The minimum absolute atomic E-state index is 0.862. The summed E-state index contributed by atoms with van der Waals surface area (Å²) in [5.74, 6) is 0. The Labute approximate surface area is 92.5 Å². The zero-order valence-corrected chi connectivity index (χ0v) is 9.90. The van der Waals surface area contributed by atoms with Crippen LogP contribution in [0.25, 0.3) is 0 Å². The predicted molar refractivity (Wildman–Crippen MR) is 64.2 cm³/mol. The van der Waals surface area contributed by atoms with E-state index in [1.807, 2.05) is 0 Å². The van der Waals surface area contributed by atoms with Crippen LogP contribution in [0.2, 0.25) is 0 Å². The van der Waals surface area contributed by atoms with E-state index in [0.717, 1.165) is 6.04 Å². The van der Waals surface area contributed by atoms with Crippen molar-refractivity contribution in [1.82, 2.24) is 10.3 Å². The molecule has 0 bridgehead atoms. The predicted octanol–water partition coefficient (Wildman–Crippen LogP) is 2.71. The highest BCUT2D eigenvalue weighted by Crippen LogP contribution is 2.18. The first kappa shape index (κ1) is 10.7. The summed E-state index contributed by atoms with van der Waals surface area (Å²) in [4.78, 5) is 3.36. The van der Waals surface area contributed by atoms with Crippen molar-refractivity contribution in [2.75, 3.05) is 6.54 Å². The van der Waals surface area contributed by atoms with Gasteiger partial charge >= 0.3 is 0 Å². The number of hydrogen-bond acceptors (Lipinski definition) is 1. The second kappa shape index (κ2) is 4.84. The van der Waals surface area contributed by atoms with Crippen molar-refractivity contribution >= 4 is 0 Å². The third kappa shape index (κ3) is 3.38. The lowest BCUT2D eigenvalue weighted by atomic mass is 10.1. The molecule has 1 aromatic heterocycles. The van der Waals surface area contributed by atoms with E-state index < -0.39 is 0 Å². The van der Waals surface area contributed by atoms with E-state index >= 15 is 0 Å².